The second kappa shape index (κ2) is 10.1. The minimum absolute atomic E-state index is 0.116. The molecule has 2 aromatic carbocycles. The molecule has 3 fully saturated rings. The lowest BCUT2D eigenvalue weighted by atomic mass is 9.83. The number of likely N-dealkylation sites (N-methyl/N-ethyl adjacent to an activating group) is 1. The van der Waals surface area contributed by atoms with Crippen molar-refractivity contribution in [3.63, 3.8) is 0 Å². The van der Waals surface area contributed by atoms with Gasteiger partial charge < -0.3 is 24.6 Å². The molecule has 0 spiro atoms. The van der Waals surface area contributed by atoms with Crippen molar-refractivity contribution in [2.75, 3.05) is 49.6 Å². The number of hydrogen-bond acceptors (Lipinski definition) is 5. The van der Waals surface area contributed by atoms with Crippen molar-refractivity contribution in [3.05, 3.63) is 59.7 Å². The Labute approximate surface area is 204 Å². The maximum atomic E-state index is 12.4. The van der Waals surface area contributed by atoms with E-state index in [1.807, 2.05) is 0 Å². The highest BCUT2D eigenvalue weighted by atomic mass is 16.3. The molecule has 0 bridgehead atoms. The van der Waals surface area contributed by atoms with Gasteiger partial charge in [-0.3, -0.25) is 0 Å². The van der Waals surface area contributed by atoms with Gasteiger partial charge in [-0.2, -0.15) is 0 Å². The van der Waals surface area contributed by atoms with Crippen molar-refractivity contribution >= 4 is 17.7 Å². The van der Waals surface area contributed by atoms with E-state index >= 15 is 0 Å². The molecule has 34 heavy (non-hydrogen) atoms. The lowest BCUT2D eigenvalue weighted by molar-refractivity contribution is -0.110. The van der Waals surface area contributed by atoms with Gasteiger partial charge in [0.05, 0.1) is 11.6 Å². The van der Waals surface area contributed by atoms with Gasteiger partial charge in [-0.05, 0) is 74.4 Å². The SMILES string of the molecule is CN1CCN(c2ccccc2CC2CCCN(c3ccc(C4(O)CCCC4)cc3)C2C=O)CC1. The monoisotopic (exact) mass is 461 g/mol. The summed E-state index contributed by atoms with van der Waals surface area (Å²) in [5.74, 6) is 0.304. The first-order chi connectivity index (χ1) is 16.6. The molecule has 1 N–H and O–H groups in total. The average Bonchev–Trinajstić information content (AvgIpc) is 3.32. The normalized spacial score (nSPS) is 25.5. The first-order valence-corrected chi connectivity index (χ1v) is 13.1. The van der Waals surface area contributed by atoms with Gasteiger partial charge in [0.15, 0.2) is 0 Å². The summed E-state index contributed by atoms with van der Waals surface area (Å²) < 4.78 is 0. The quantitative estimate of drug-likeness (QED) is 0.653. The molecule has 182 valence electrons. The van der Waals surface area contributed by atoms with E-state index in [9.17, 15) is 9.90 Å². The van der Waals surface area contributed by atoms with E-state index in [0.717, 1.165) is 88.9 Å². The first kappa shape index (κ1) is 23.4. The Balaban J connectivity index is 1.33. The third-order valence-electron chi connectivity index (χ3n) is 8.44. The van der Waals surface area contributed by atoms with Gasteiger partial charge in [0, 0.05) is 44.1 Å². The van der Waals surface area contributed by atoms with Crippen LogP contribution in [0, 0.1) is 5.92 Å². The molecule has 1 aliphatic carbocycles. The molecule has 0 aromatic heterocycles. The molecule has 2 saturated heterocycles. The first-order valence-electron chi connectivity index (χ1n) is 13.1. The summed E-state index contributed by atoms with van der Waals surface area (Å²) in [6.07, 6.45) is 8.15. The summed E-state index contributed by atoms with van der Waals surface area (Å²) in [6, 6.07) is 17.1. The van der Waals surface area contributed by atoms with Gasteiger partial charge in [0.1, 0.15) is 6.29 Å². The fraction of sp³-hybridized carbons (Fsp3) is 0.552. The van der Waals surface area contributed by atoms with E-state index in [4.69, 9.17) is 0 Å². The van der Waals surface area contributed by atoms with Gasteiger partial charge in [-0.1, -0.05) is 43.2 Å². The van der Waals surface area contributed by atoms with Crippen molar-refractivity contribution in [3.8, 4) is 0 Å². The van der Waals surface area contributed by atoms with Crippen LogP contribution < -0.4 is 9.80 Å². The highest BCUT2D eigenvalue weighted by molar-refractivity contribution is 5.68. The van der Waals surface area contributed by atoms with Crippen LogP contribution >= 0.6 is 0 Å². The number of aldehydes is 1. The van der Waals surface area contributed by atoms with Crippen LogP contribution in [0.2, 0.25) is 0 Å². The van der Waals surface area contributed by atoms with Crippen LogP contribution in [0.5, 0.6) is 0 Å². The van der Waals surface area contributed by atoms with Crippen molar-refractivity contribution in [2.45, 2.75) is 56.6 Å². The number of para-hydroxylation sites is 1. The van der Waals surface area contributed by atoms with Crippen LogP contribution in [-0.4, -0.2) is 62.1 Å². The van der Waals surface area contributed by atoms with E-state index in [-0.39, 0.29) is 6.04 Å². The van der Waals surface area contributed by atoms with Gasteiger partial charge in [-0.25, -0.2) is 0 Å². The van der Waals surface area contributed by atoms with Crippen molar-refractivity contribution < 1.29 is 9.90 Å². The molecule has 0 amide bonds. The highest BCUT2D eigenvalue weighted by Crippen LogP contribution is 2.40. The summed E-state index contributed by atoms with van der Waals surface area (Å²) in [7, 11) is 2.19. The molecular formula is C29H39N3O2. The summed E-state index contributed by atoms with van der Waals surface area (Å²) in [5, 5.41) is 10.9. The number of anilines is 2. The maximum Gasteiger partial charge on any atom is 0.142 e. The number of hydrogen-bond donors (Lipinski definition) is 1. The zero-order valence-electron chi connectivity index (χ0n) is 20.5. The second-order valence-corrected chi connectivity index (χ2v) is 10.6. The molecule has 2 aromatic rings. The standard InChI is InChI=1S/C29H39N3O2/c1-30-17-19-31(20-18-30)27-9-3-2-7-23(27)21-24-8-6-16-32(28(24)22-33)26-12-10-25(11-13-26)29(34)14-4-5-15-29/h2-3,7,9-13,22,24,28,34H,4-6,8,14-21H2,1H3. The van der Waals surface area contributed by atoms with E-state index < -0.39 is 5.60 Å². The lowest BCUT2D eigenvalue weighted by Crippen LogP contribution is -2.47. The Morgan fingerprint density at radius 3 is 2.35 bits per heavy atom. The number of carbonyl (C=O) groups excluding carboxylic acids is 1. The minimum Gasteiger partial charge on any atom is -0.385 e. The molecule has 2 unspecified atom stereocenters. The summed E-state index contributed by atoms with van der Waals surface area (Å²) in [6.45, 7) is 5.20. The van der Waals surface area contributed by atoms with E-state index in [1.165, 1.54) is 17.5 Å². The van der Waals surface area contributed by atoms with Crippen LogP contribution in [-0.2, 0) is 16.8 Å². The van der Waals surface area contributed by atoms with Crippen LogP contribution in [0.1, 0.15) is 49.7 Å². The summed E-state index contributed by atoms with van der Waals surface area (Å²) >= 11 is 0. The lowest BCUT2D eigenvalue weighted by Gasteiger charge is -2.41. The van der Waals surface area contributed by atoms with E-state index in [0.29, 0.717) is 5.92 Å². The zero-order valence-corrected chi connectivity index (χ0v) is 20.5. The number of benzene rings is 2. The Hall–Kier alpha value is -2.37. The van der Waals surface area contributed by atoms with Crippen molar-refractivity contribution in [1.82, 2.24) is 4.90 Å². The highest BCUT2D eigenvalue weighted by Gasteiger charge is 2.35. The van der Waals surface area contributed by atoms with Crippen LogP contribution in [0.15, 0.2) is 48.5 Å². The number of piperidine rings is 1. The van der Waals surface area contributed by atoms with Crippen LogP contribution in [0.4, 0.5) is 11.4 Å². The molecule has 5 heteroatoms. The number of carbonyl (C=O) groups is 1. The molecule has 1 saturated carbocycles. The van der Waals surface area contributed by atoms with Gasteiger partial charge in [0.25, 0.3) is 0 Å². The van der Waals surface area contributed by atoms with Crippen LogP contribution in [0.25, 0.3) is 0 Å². The predicted molar refractivity (Wildman–Crippen MR) is 139 cm³/mol. The predicted octanol–water partition coefficient (Wildman–Crippen LogP) is 4.23. The van der Waals surface area contributed by atoms with Gasteiger partial charge in [0.2, 0.25) is 0 Å². The van der Waals surface area contributed by atoms with Crippen LogP contribution in [0.3, 0.4) is 0 Å². The fourth-order valence-corrected chi connectivity index (χ4v) is 6.34. The molecule has 0 radical (unpaired) electrons. The Morgan fingerprint density at radius 1 is 0.941 bits per heavy atom. The number of rotatable bonds is 6. The number of nitrogens with zero attached hydrogens (tertiary/aromatic N) is 3. The molecule has 3 aliphatic rings. The molecule has 2 aliphatic heterocycles. The minimum atomic E-state index is -0.667. The smallest absolute Gasteiger partial charge is 0.142 e. The van der Waals surface area contributed by atoms with Gasteiger partial charge >= 0.3 is 0 Å². The third-order valence-corrected chi connectivity index (χ3v) is 8.44. The molecule has 2 heterocycles. The molecular weight excluding hydrogens is 422 g/mol. The van der Waals surface area contributed by atoms with E-state index in [1.54, 1.807) is 0 Å². The largest absolute Gasteiger partial charge is 0.385 e. The van der Waals surface area contributed by atoms with Crippen molar-refractivity contribution in [2.24, 2.45) is 5.92 Å². The molecule has 2 atom stereocenters. The third kappa shape index (κ3) is 4.73. The maximum absolute atomic E-state index is 12.4. The molecule has 5 nitrogen and oxygen atoms in total. The topological polar surface area (TPSA) is 47.0 Å². The Morgan fingerprint density at radius 2 is 1.65 bits per heavy atom. The second-order valence-electron chi connectivity index (χ2n) is 10.6. The average molecular weight is 462 g/mol. The number of aliphatic hydroxyl groups is 1. The Bertz CT molecular complexity index is 962. The molecule has 5 rings (SSSR count). The Kier molecular flexibility index (Phi) is 6.94. The summed E-state index contributed by atoms with van der Waals surface area (Å²) in [5.41, 5.74) is 4.15. The zero-order chi connectivity index (χ0) is 23.5. The van der Waals surface area contributed by atoms with Gasteiger partial charge in [-0.15, -0.1) is 0 Å². The summed E-state index contributed by atoms with van der Waals surface area (Å²) in [4.78, 5) is 19.6. The number of piperazine rings is 1. The van der Waals surface area contributed by atoms with Crippen molar-refractivity contribution in [1.29, 1.82) is 0 Å². The fourth-order valence-electron chi connectivity index (χ4n) is 6.34. The van der Waals surface area contributed by atoms with E-state index in [2.05, 4.69) is 70.3 Å².